The summed E-state index contributed by atoms with van der Waals surface area (Å²) in [5.41, 5.74) is -0.509. The summed E-state index contributed by atoms with van der Waals surface area (Å²) in [6.07, 6.45) is 1.91. The van der Waals surface area contributed by atoms with Crippen LogP contribution in [0.5, 0.6) is 0 Å². The molecule has 101 heavy (non-hydrogen) atoms. The Morgan fingerprint density at radius 1 is 0.426 bits per heavy atom. The number of carbonyl (C=O) groups excluding carboxylic acids is 6. The van der Waals surface area contributed by atoms with Crippen LogP contribution in [-0.2, 0) is 57.2 Å². The second-order valence-corrected chi connectivity index (χ2v) is 24.2. The fourth-order valence-corrected chi connectivity index (χ4v) is 8.76. The molecule has 13 nitrogen and oxygen atoms in total. The van der Waals surface area contributed by atoms with Gasteiger partial charge in [-0.1, -0.05) is 287 Å². The number of esters is 6. The number of hydrogen-bond donors (Lipinski definition) is 0. The minimum absolute atomic E-state index is 0. The maximum atomic E-state index is 12.9. The highest BCUT2D eigenvalue weighted by atomic mass is 19.4. The third-order valence-electron chi connectivity index (χ3n) is 17.1. The number of ether oxygens (including phenoxy) is 6. The fraction of sp³-hybridized carbons (Fsp3) is 0.565. The van der Waals surface area contributed by atoms with Crippen molar-refractivity contribution in [3.05, 3.63) is 179 Å². The molecule has 1 saturated carbocycles. The molecule has 578 valence electrons. The largest absolute Gasteiger partial charge is 0.468 e. The number of hydrogen-bond acceptors (Lipinski definition) is 13. The molecule has 9 atom stereocenters. The van der Waals surface area contributed by atoms with Crippen molar-refractivity contribution in [1.29, 1.82) is 5.26 Å². The minimum atomic E-state index is -4.62. The van der Waals surface area contributed by atoms with Gasteiger partial charge in [-0.25, -0.2) is 0 Å². The van der Waals surface area contributed by atoms with Crippen LogP contribution in [-0.4, -0.2) is 49.1 Å². The molecular weight excluding hydrogens is 1280 g/mol. The van der Waals surface area contributed by atoms with E-state index >= 15 is 0 Å². The van der Waals surface area contributed by atoms with E-state index < -0.39 is 63.9 Å². The minimum Gasteiger partial charge on any atom is -0.468 e. The second kappa shape index (κ2) is 54.9. The molecule has 0 bridgehead atoms. The number of rotatable bonds is 22. The molecule has 0 heterocycles. The standard InChI is InChI=1S/C19H28O2.C15H20O4.C14H17F3O2.C14H17NO2.C13H18O2.10CH4/c1-4-19(2,3)18(20)21-17(15-11-7-5-8-12-15)16-13-9-6-10-14-16;1-5-15(3,13(16)18-4)14(17)19-11(2)12-9-7-6-8-10-12;1-4-13(3,14(15,16)17)12(18)19-10(2)11-8-6-5-7-9-11;1-4-14(3,10-15)13(16)17-11(2)12-8-6-5-7-9-12;1-4-10(2)13(14)15-11(3)12-8-6-5-7-9-12;;;;;;;;;;/h5,7-8,11-12,16-17H,4,6,9-10,13-14H2,1-3H3;6-11H,5H2,1-4H3;5-10H,4H2,1-3H3;5-9,11H,4H2,1-3H3;5-11H,4H2,1-3H3;10*1H4. The summed E-state index contributed by atoms with van der Waals surface area (Å²) >= 11 is 0. The zero-order chi connectivity index (χ0) is 68.6. The lowest BCUT2D eigenvalue weighted by molar-refractivity contribution is -0.233. The average Bonchev–Trinajstić information content (AvgIpc) is 0.807. The first-order valence-corrected chi connectivity index (χ1v) is 31.8. The molecule has 0 spiro atoms. The van der Waals surface area contributed by atoms with Crippen molar-refractivity contribution in [1.82, 2.24) is 0 Å². The Morgan fingerprint density at radius 3 is 1.04 bits per heavy atom. The van der Waals surface area contributed by atoms with Crippen LogP contribution in [0.2, 0.25) is 0 Å². The zero-order valence-electron chi connectivity index (χ0n) is 56.5. The molecule has 0 N–H and O–H groups in total. The molecule has 9 unspecified atom stereocenters. The SMILES string of the molecule is C.C.C.C.C.C.C.C.C.C.CCC(C)(C#N)C(=O)OC(C)c1ccccc1.CCC(C)(C(=O)OC(C)c1ccccc1)C(F)(F)F.CCC(C)(C(=O)OC)C(=O)OC(C)c1ccccc1.CCC(C)(C)C(=O)OC(c1ccccc1)C1CCCCC1.CCC(C)C(=O)OC(C)c1ccccc1. The zero-order valence-corrected chi connectivity index (χ0v) is 56.5. The molecule has 0 amide bonds. The van der Waals surface area contributed by atoms with Crippen molar-refractivity contribution in [2.24, 2.45) is 33.5 Å². The number of carbonyl (C=O) groups is 6. The molecule has 5 aromatic rings. The number of nitriles is 1. The van der Waals surface area contributed by atoms with E-state index in [4.69, 9.17) is 28.9 Å². The van der Waals surface area contributed by atoms with Crippen molar-refractivity contribution < 1.29 is 70.4 Å². The van der Waals surface area contributed by atoms with Crippen molar-refractivity contribution >= 4 is 35.8 Å². The Bertz CT molecular complexity index is 2990. The molecule has 1 aliphatic carbocycles. The molecule has 16 heteroatoms. The highest BCUT2D eigenvalue weighted by molar-refractivity contribution is 5.99. The topological polar surface area (TPSA) is 182 Å². The number of nitrogens with zero attached hydrogens (tertiary/aromatic N) is 1. The van der Waals surface area contributed by atoms with Gasteiger partial charge < -0.3 is 28.4 Å². The lowest BCUT2D eigenvalue weighted by Gasteiger charge is -2.33. The van der Waals surface area contributed by atoms with E-state index in [-0.39, 0.29) is 117 Å². The van der Waals surface area contributed by atoms with E-state index in [1.807, 2.05) is 157 Å². The van der Waals surface area contributed by atoms with Crippen LogP contribution >= 0.6 is 0 Å². The summed E-state index contributed by atoms with van der Waals surface area (Å²) in [5, 5.41) is 8.99. The third-order valence-corrected chi connectivity index (χ3v) is 17.1. The van der Waals surface area contributed by atoms with Gasteiger partial charge in [-0.15, -0.1) is 0 Å². The van der Waals surface area contributed by atoms with Crippen LogP contribution < -0.4 is 0 Å². The Hall–Kier alpha value is -7.80. The molecule has 5 aromatic carbocycles. The first-order valence-electron chi connectivity index (χ1n) is 31.8. The van der Waals surface area contributed by atoms with Crippen LogP contribution in [0, 0.1) is 44.8 Å². The van der Waals surface area contributed by atoms with Gasteiger partial charge in [0.25, 0.3) is 0 Å². The first-order chi connectivity index (χ1) is 42.9. The van der Waals surface area contributed by atoms with Gasteiger partial charge in [0, 0.05) is 5.92 Å². The van der Waals surface area contributed by atoms with Gasteiger partial charge in [-0.2, -0.15) is 18.4 Å². The highest BCUT2D eigenvalue weighted by Crippen LogP contribution is 2.43. The smallest absolute Gasteiger partial charge is 0.404 e. The third kappa shape index (κ3) is 35.1. The molecule has 0 radical (unpaired) electrons. The maximum Gasteiger partial charge on any atom is 0.404 e. The van der Waals surface area contributed by atoms with Gasteiger partial charge >= 0.3 is 42.0 Å². The van der Waals surface area contributed by atoms with Crippen molar-refractivity contribution in [2.45, 2.75) is 279 Å². The summed E-state index contributed by atoms with van der Waals surface area (Å²) in [4.78, 5) is 71.5. The van der Waals surface area contributed by atoms with E-state index in [0.29, 0.717) is 24.3 Å². The van der Waals surface area contributed by atoms with Gasteiger partial charge in [0.1, 0.15) is 30.5 Å². The van der Waals surface area contributed by atoms with E-state index in [1.54, 1.807) is 78.8 Å². The van der Waals surface area contributed by atoms with E-state index in [2.05, 4.69) is 16.9 Å². The number of benzene rings is 5. The summed E-state index contributed by atoms with van der Waals surface area (Å²) in [5.74, 6) is -2.55. The van der Waals surface area contributed by atoms with Crippen molar-refractivity contribution in [3.63, 3.8) is 0 Å². The van der Waals surface area contributed by atoms with Gasteiger partial charge in [-0.3, -0.25) is 28.8 Å². The molecule has 0 aliphatic heterocycles. The lowest BCUT2D eigenvalue weighted by Crippen LogP contribution is -2.43. The molecule has 6 rings (SSSR count). The number of methoxy groups -OCH3 is 1. The predicted molar refractivity (Wildman–Crippen MR) is 415 cm³/mol. The monoisotopic (exact) mass is 1420 g/mol. The van der Waals surface area contributed by atoms with E-state index in [9.17, 15) is 41.9 Å². The van der Waals surface area contributed by atoms with Crippen LogP contribution in [0.25, 0.3) is 0 Å². The molecule has 1 aliphatic rings. The summed E-state index contributed by atoms with van der Waals surface area (Å²) in [6, 6.07) is 49.6. The Morgan fingerprint density at radius 2 is 0.752 bits per heavy atom. The molecule has 0 saturated heterocycles. The summed E-state index contributed by atoms with van der Waals surface area (Å²) in [7, 11) is 1.27. The lowest BCUT2D eigenvalue weighted by atomic mass is 9.82. The van der Waals surface area contributed by atoms with E-state index in [0.717, 1.165) is 42.0 Å². The van der Waals surface area contributed by atoms with Crippen LogP contribution in [0.15, 0.2) is 152 Å². The van der Waals surface area contributed by atoms with Crippen LogP contribution in [0.3, 0.4) is 0 Å². The Balaban J connectivity index is -0.000000147. The van der Waals surface area contributed by atoms with Crippen LogP contribution in [0.4, 0.5) is 13.2 Å². The normalized spacial score (nSPS) is 14.5. The van der Waals surface area contributed by atoms with Crippen molar-refractivity contribution in [2.75, 3.05) is 7.11 Å². The molecular formula is C85H140F3NO12. The average molecular weight is 1430 g/mol. The summed E-state index contributed by atoms with van der Waals surface area (Å²) < 4.78 is 70.4. The Kier molecular flexibility index (Phi) is 60.7. The van der Waals surface area contributed by atoms with Gasteiger partial charge in [-0.05, 0) is 135 Å². The van der Waals surface area contributed by atoms with Gasteiger partial charge in [0.15, 0.2) is 16.2 Å². The van der Waals surface area contributed by atoms with Crippen LogP contribution in [0.1, 0.15) is 301 Å². The molecule has 1 fully saturated rings. The Labute approximate surface area is 613 Å². The quantitative estimate of drug-likeness (QED) is 0.0363. The molecule has 0 aromatic heterocycles. The summed E-state index contributed by atoms with van der Waals surface area (Å²) in [6.45, 7) is 25.8. The maximum absolute atomic E-state index is 12.9. The first kappa shape index (κ1) is 112. The number of alkyl halides is 3. The predicted octanol–water partition coefficient (Wildman–Crippen LogP) is 25.4. The van der Waals surface area contributed by atoms with Crippen molar-refractivity contribution in [3.8, 4) is 6.07 Å². The van der Waals surface area contributed by atoms with E-state index in [1.165, 1.54) is 46.1 Å². The highest BCUT2D eigenvalue weighted by Gasteiger charge is 2.57. The fourth-order valence-electron chi connectivity index (χ4n) is 8.76. The van der Waals surface area contributed by atoms with Gasteiger partial charge in [0.2, 0.25) is 0 Å². The number of halogens is 3. The van der Waals surface area contributed by atoms with Gasteiger partial charge in [0.05, 0.1) is 24.5 Å². The second-order valence-electron chi connectivity index (χ2n) is 24.2.